The van der Waals surface area contributed by atoms with E-state index in [0.717, 1.165) is 0 Å². The summed E-state index contributed by atoms with van der Waals surface area (Å²) in [6.07, 6.45) is 5.19. The summed E-state index contributed by atoms with van der Waals surface area (Å²) >= 11 is 0. The Labute approximate surface area is 122 Å². The second kappa shape index (κ2) is 9.56. The van der Waals surface area contributed by atoms with Crippen molar-refractivity contribution in [1.82, 2.24) is 0 Å². The number of carbonyl (C=O) groups is 2. The molecule has 0 aromatic heterocycles. The third kappa shape index (κ3) is 6.22. The standard InChI is InChI=1S/C16H28O4/c1-11(2)13(15(17)19-5)9-7-8-10-14(12(3)4)16(18)20-6/h7-8,11-14H,9-10H2,1-6H3/b8-7+/t13-,14-/m0/s1. The molecule has 20 heavy (non-hydrogen) atoms. The van der Waals surface area contributed by atoms with E-state index in [4.69, 9.17) is 9.47 Å². The van der Waals surface area contributed by atoms with Crippen LogP contribution in [0.5, 0.6) is 0 Å². The fourth-order valence-electron chi connectivity index (χ4n) is 2.07. The molecule has 116 valence electrons. The molecule has 0 rings (SSSR count). The Kier molecular flexibility index (Phi) is 8.93. The van der Waals surface area contributed by atoms with Crippen LogP contribution >= 0.6 is 0 Å². The van der Waals surface area contributed by atoms with Gasteiger partial charge in [-0.05, 0) is 24.7 Å². The van der Waals surface area contributed by atoms with Gasteiger partial charge in [-0.1, -0.05) is 39.8 Å². The van der Waals surface area contributed by atoms with Crippen molar-refractivity contribution < 1.29 is 19.1 Å². The molecule has 0 N–H and O–H groups in total. The average Bonchev–Trinajstić information content (AvgIpc) is 2.40. The molecule has 0 saturated carbocycles. The molecule has 0 unspecified atom stereocenters. The van der Waals surface area contributed by atoms with Crippen LogP contribution in [0.3, 0.4) is 0 Å². The minimum Gasteiger partial charge on any atom is -0.469 e. The summed E-state index contributed by atoms with van der Waals surface area (Å²) in [4.78, 5) is 23.2. The van der Waals surface area contributed by atoms with Crippen LogP contribution in [0.4, 0.5) is 0 Å². The molecule has 4 heteroatoms. The second-order valence-corrected chi connectivity index (χ2v) is 5.69. The lowest BCUT2D eigenvalue weighted by Gasteiger charge is -2.17. The summed E-state index contributed by atoms with van der Waals surface area (Å²) < 4.78 is 9.60. The van der Waals surface area contributed by atoms with Gasteiger partial charge in [-0.15, -0.1) is 0 Å². The fraction of sp³-hybridized carbons (Fsp3) is 0.750. The third-order valence-electron chi connectivity index (χ3n) is 3.56. The highest BCUT2D eigenvalue weighted by Crippen LogP contribution is 2.20. The molecule has 0 bridgehead atoms. The maximum Gasteiger partial charge on any atom is 0.309 e. The minimum atomic E-state index is -0.182. The Morgan fingerprint density at radius 3 is 1.30 bits per heavy atom. The van der Waals surface area contributed by atoms with E-state index in [2.05, 4.69) is 0 Å². The van der Waals surface area contributed by atoms with Gasteiger partial charge in [0.15, 0.2) is 0 Å². The van der Waals surface area contributed by atoms with Gasteiger partial charge >= 0.3 is 11.9 Å². The first kappa shape index (κ1) is 18.7. The van der Waals surface area contributed by atoms with E-state index >= 15 is 0 Å². The van der Waals surface area contributed by atoms with Gasteiger partial charge in [-0.2, -0.15) is 0 Å². The zero-order chi connectivity index (χ0) is 15.7. The van der Waals surface area contributed by atoms with E-state index in [9.17, 15) is 9.59 Å². The first-order valence-electron chi connectivity index (χ1n) is 7.15. The highest BCUT2D eigenvalue weighted by molar-refractivity contribution is 5.73. The Hall–Kier alpha value is -1.32. The molecule has 0 aromatic carbocycles. The minimum absolute atomic E-state index is 0.133. The van der Waals surface area contributed by atoms with Crippen molar-refractivity contribution in [1.29, 1.82) is 0 Å². The maximum absolute atomic E-state index is 11.6. The topological polar surface area (TPSA) is 52.6 Å². The van der Waals surface area contributed by atoms with Gasteiger partial charge in [0.05, 0.1) is 26.1 Å². The molecule has 0 aliphatic heterocycles. The number of methoxy groups -OCH3 is 2. The van der Waals surface area contributed by atoms with E-state index in [0.29, 0.717) is 12.8 Å². The summed E-state index contributed by atoms with van der Waals surface area (Å²) in [6, 6.07) is 0. The molecule has 0 saturated heterocycles. The number of allylic oxidation sites excluding steroid dienone is 2. The molecular formula is C16H28O4. The molecule has 0 fully saturated rings. The lowest BCUT2D eigenvalue weighted by molar-refractivity contribution is -0.147. The predicted octanol–water partition coefficient (Wildman–Crippen LogP) is 3.21. The lowest BCUT2D eigenvalue weighted by Crippen LogP contribution is -2.22. The van der Waals surface area contributed by atoms with Crippen molar-refractivity contribution >= 4 is 11.9 Å². The van der Waals surface area contributed by atoms with Gasteiger partial charge in [0, 0.05) is 0 Å². The van der Waals surface area contributed by atoms with Gasteiger partial charge in [0.1, 0.15) is 0 Å². The molecule has 0 aromatic rings. The van der Waals surface area contributed by atoms with Gasteiger partial charge in [-0.3, -0.25) is 9.59 Å². The lowest BCUT2D eigenvalue weighted by atomic mass is 9.90. The molecule has 2 atom stereocenters. The summed E-state index contributed by atoms with van der Waals surface area (Å²) in [5.41, 5.74) is 0. The van der Waals surface area contributed by atoms with Crippen molar-refractivity contribution in [2.75, 3.05) is 14.2 Å². The first-order chi connectivity index (χ1) is 9.34. The third-order valence-corrected chi connectivity index (χ3v) is 3.56. The summed E-state index contributed by atoms with van der Waals surface area (Å²) in [5, 5.41) is 0. The summed E-state index contributed by atoms with van der Waals surface area (Å²) in [5.74, 6) is -0.169. The highest BCUT2D eigenvalue weighted by Gasteiger charge is 2.23. The molecular weight excluding hydrogens is 256 g/mol. The summed E-state index contributed by atoms with van der Waals surface area (Å²) in [6.45, 7) is 8.00. The van der Waals surface area contributed by atoms with E-state index < -0.39 is 0 Å². The Bertz CT molecular complexity index is 299. The van der Waals surface area contributed by atoms with Crippen LogP contribution < -0.4 is 0 Å². The van der Waals surface area contributed by atoms with Crippen LogP contribution in [-0.2, 0) is 19.1 Å². The molecule has 0 amide bonds. The Balaban J connectivity index is 4.48. The van der Waals surface area contributed by atoms with Crippen LogP contribution in [-0.4, -0.2) is 26.2 Å². The van der Waals surface area contributed by atoms with Crippen LogP contribution in [0, 0.1) is 23.7 Å². The molecule has 0 spiro atoms. The molecule has 0 aliphatic carbocycles. The van der Waals surface area contributed by atoms with Gasteiger partial charge in [-0.25, -0.2) is 0 Å². The van der Waals surface area contributed by atoms with Crippen LogP contribution in [0.1, 0.15) is 40.5 Å². The van der Waals surface area contributed by atoms with Crippen LogP contribution in [0.2, 0.25) is 0 Å². The van der Waals surface area contributed by atoms with Crippen LogP contribution in [0.15, 0.2) is 12.2 Å². The van der Waals surface area contributed by atoms with E-state index in [-0.39, 0.29) is 35.6 Å². The largest absolute Gasteiger partial charge is 0.469 e. The second-order valence-electron chi connectivity index (χ2n) is 5.69. The predicted molar refractivity (Wildman–Crippen MR) is 79.1 cm³/mol. The van der Waals surface area contributed by atoms with Crippen molar-refractivity contribution in [3.8, 4) is 0 Å². The maximum atomic E-state index is 11.6. The Morgan fingerprint density at radius 1 is 0.800 bits per heavy atom. The molecule has 4 nitrogen and oxygen atoms in total. The van der Waals surface area contributed by atoms with E-state index in [1.165, 1.54) is 14.2 Å². The smallest absolute Gasteiger partial charge is 0.309 e. The Morgan fingerprint density at radius 2 is 1.10 bits per heavy atom. The molecule has 0 heterocycles. The van der Waals surface area contributed by atoms with Crippen LogP contribution in [0.25, 0.3) is 0 Å². The van der Waals surface area contributed by atoms with E-state index in [1.807, 2.05) is 39.8 Å². The monoisotopic (exact) mass is 284 g/mol. The number of rotatable bonds is 8. The highest BCUT2D eigenvalue weighted by atomic mass is 16.5. The quantitative estimate of drug-likeness (QED) is 0.507. The number of hydrogen-bond donors (Lipinski definition) is 0. The van der Waals surface area contributed by atoms with Crippen molar-refractivity contribution in [2.45, 2.75) is 40.5 Å². The van der Waals surface area contributed by atoms with Crippen molar-refractivity contribution in [3.05, 3.63) is 12.2 Å². The zero-order valence-corrected chi connectivity index (χ0v) is 13.5. The van der Waals surface area contributed by atoms with E-state index in [1.54, 1.807) is 0 Å². The molecule has 0 aliphatic rings. The van der Waals surface area contributed by atoms with Gasteiger partial charge in [0.25, 0.3) is 0 Å². The number of esters is 2. The van der Waals surface area contributed by atoms with Gasteiger partial charge in [0.2, 0.25) is 0 Å². The summed E-state index contributed by atoms with van der Waals surface area (Å²) in [7, 11) is 2.82. The zero-order valence-electron chi connectivity index (χ0n) is 13.5. The van der Waals surface area contributed by atoms with Crippen molar-refractivity contribution in [2.24, 2.45) is 23.7 Å². The normalized spacial score (nSPS) is 14.6. The van der Waals surface area contributed by atoms with Gasteiger partial charge < -0.3 is 9.47 Å². The van der Waals surface area contributed by atoms with Crippen molar-refractivity contribution in [3.63, 3.8) is 0 Å². The molecule has 0 radical (unpaired) electrons. The number of carbonyl (C=O) groups excluding carboxylic acids is 2. The SMILES string of the molecule is COC(=O)[C@@H](C/C=C/C[C@H](C(=O)OC)C(C)C)C(C)C. The number of hydrogen-bond acceptors (Lipinski definition) is 4. The number of ether oxygens (including phenoxy) is 2. The first-order valence-corrected chi connectivity index (χ1v) is 7.15. The average molecular weight is 284 g/mol. The fourth-order valence-corrected chi connectivity index (χ4v) is 2.07.